The van der Waals surface area contributed by atoms with Gasteiger partial charge < -0.3 is 10.3 Å². The molecule has 1 heterocycles. The maximum Gasteiger partial charge on any atom is 0.191 e. The van der Waals surface area contributed by atoms with Crippen LogP contribution in [-0.4, -0.2) is 20.5 Å². The molecule has 5 heteroatoms. The van der Waals surface area contributed by atoms with Gasteiger partial charge in [0.1, 0.15) is 5.82 Å². The lowest BCUT2D eigenvalue weighted by atomic mass is 10.5. The minimum absolute atomic E-state index is 0.429. The summed E-state index contributed by atoms with van der Waals surface area (Å²) in [6.45, 7) is 2.28. The van der Waals surface area contributed by atoms with Crippen molar-refractivity contribution >= 4 is 11.8 Å². The first-order chi connectivity index (χ1) is 6.79. The molecule has 76 valence electrons. The van der Waals surface area contributed by atoms with E-state index in [4.69, 9.17) is 5.73 Å². The van der Waals surface area contributed by atoms with Crippen LogP contribution in [0, 0.1) is 11.8 Å². The Bertz CT molecular complexity index is 347. The fourth-order valence-corrected chi connectivity index (χ4v) is 1.75. The number of hydrogen-bond acceptors (Lipinski definition) is 4. The van der Waals surface area contributed by atoms with Gasteiger partial charge in [-0.25, -0.2) is 0 Å². The molecule has 0 bridgehead atoms. The normalized spacial score (nSPS) is 9.64. The minimum atomic E-state index is 0.429. The third-order valence-electron chi connectivity index (χ3n) is 1.74. The summed E-state index contributed by atoms with van der Waals surface area (Å²) in [5.74, 6) is 7.62. The summed E-state index contributed by atoms with van der Waals surface area (Å²) in [7, 11) is 1.93. The van der Waals surface area contributed by atoms with E-state index in [0.717, 1.165) is 23.2 Å². The number of rotatable bonds is 4. The summed E-state index contributed by atoms with van der Waals surface area (Å²) in [5, 5.41) is 8.90. The van der Waals surface area contributed by atoms with Gasteiger partial charge >= 0.3 is 0 Å². The summed E-state index contributed by atoms with van der Waals surface area (Å²) in [6, 6.07) is 0. The quantitative estimate of drug-likeness (QED) is 0.453. The van der Waals surface area contributed by atoms with Gasteiger partial charge in [-0.2, -0.15) is 0 Å². The summed E-state index contributed by atoms with van der Waals surface area (Å²) < 4.78 is 1.92. The zero-order valence-electron chi connectivity index (χ0n) is 8.45. The van der Waals surface area contributed by atoms with E-state index in [0.29, 0.717) is 6.54 Å². The van der Waals surface area contributed by atoms with Crippen molar-refractivity contribution in [2.45, 2.75) is 25.0 Å². The van der Waals surface area contributed by atoms with Crippen LogP contribution in [0.2, 0.25) is 0 Å². The van der Waals surface area contributed by atoms with E-state index in [-0.39, 0.29) is 0 Å². The Kier molecular flexibility index (Phi) is 4.50. The van der Waals surface area contributed by atoms with Gasteiger partial charge in [-0.15, -0.1) is 22.0 Å². The van der Waals surface area contributed by atoms with Gasteiger partial charge in [-0.05, 0) is 6.92 Å². The van der Waals surface area contributed by atoms with Crippen molar-refractivity contribution < 1.29 is 0 Å². The number of aromatic nitrogens is 3. The van der Waals surface area contributed by atoms with E-state index in [9.17, 15) is 0 Å². The fourth-order valence-electron chi connectivity index (χ4n) is 0.967. The highest BCUT2D eigenvalue weighted by Gasteiger charge is 2.06. The largest absolute Gasteiger partial charge is 0.324 e. The predicted molar refractivity (Wildman–Crippen MR) is 57.7 cm³/mol. The fraction of sp³-hybridized carbons (Fsp3) is 0.556. The molecule has 14 heavy (non-hydrogen) atoms. The van der Waals surface area contributed by atoms with Gasteiger partial charge in [0.2, 0.25) is 0 Å². The third-order valence-corrected chi connectivity index (χ3v) is 2.76. The average Bonchev–Trinajstić information content (AvgIpc) is 2.55. The van der Waals surface area contributed by atoms with Crippen LogP contribution in [0.15, 0.2) is 5.16 Å². The molecule has 0 fully saturated rings. The second-order valence-corrected chi connectivity index (χ2v) is 3.75. The van der Waals surface area contributed by atoms with Crippen LogP contribution >= 0.6 is 11.8 Å². The molecule has 0 aliphatic heterocycles. The van der Waals surface area contributed by atoms with Crippen molar-refractivity contribution in [1.29, 1.82) is 0 Å². The molecule has 4 nitrogen and oxygen atoms in total. The van der Waals surface area contributed by atoms with Crippen LogP contribution < -0.4 is 5.73 Å². The monoisotopic (exact) mass is 210 g/mol. The molecule has 0 spiro atoms. The molecule has 0 saturated heterocycles. The maximum absolute atomic E-state index is 5.49. The van der Waals surface area contributed by atoms with Crippen LogP contribution in [0.25, 0.3) is 0 Å². The smallest absolute Gasteiger partial charge is 0.191 e. The van der Waals surface area contributed by atoms with E-state index in [2.05, 4.69) is 22.0 Å². The highest BCUT2D eigenvalue weighted by Crippen LogP contribution is 2.15. The zero-order valence-corrected chi connectivity index (χ0v) is 9.27. The number of nitrogens with zero attached hydrogens (tertiary/aromatic N) is 3. The first-order valence-electron chi connectivity index (χ1n) is 4.40. The van der Waals surface area contributed by atoms with E-state index in [1.54, 1.807) is 11.8 Å². The third kappa shape index (κ3) is 2.76. The van der Waals surface area contributed by atoms with E-state index < -0.39 is 0 Å². The molecular weight excluding hydrogens is 196 g/mol. The Hall–Kier alpha value is -0.990. The predicted octanol–water partition coefficient (Wildman–Crippen LogP) is 0.779. The molecule has 0 aliphatic rings. The molecule has 0 saturated carbocycles. The Morgan fingerprint density at radius 1 is 1.50 bits per heavy atom. The van der Waals surface area contributed by atoms with Gasteiger partial charge in [-0.3, -0.25) is 0 Å². The van der Waals surface area contributed by atoms with E-state index in [1.807, 2.05) is 18.5 Å². The van der Waals surface area contributed by atoms with Gasteiger partial charge in [-0.1, -0.05) is 11.8 Å². The first-order valence-corrected chi connectivity index (χ1v) is 5.39. The summed E-state index contributed by atoms with van der Waals surface area (Å²) in [5.41, 5.74) is 5.49. The minimum Gasteiger partial charge on any atom is -0.324 e. The van der Waals surface area contributed by atoms with Crippen LogP contribution in [0.4, 0.5) is 0 Å². The second kappa shape index (κ2) is 5.68. The Balaban J connectivity index is 2.49. The Morgan fingerprint density at radius 3 is 2.86 bits per heavy atom. The van der Waals surface area contributed by atoms with Crippen LogP contribution in [0.1, 0.15) is 19.2 Å². The lowest BCUT2D eigenvalue weighted by Crippen LogP contribution is -2.05. The molecule has 0 amide bonds. The lowest BCUT2D eigenvalue weighted by molar-refractivity contribution is 0.734. The van der Waals surface area contributed by atoms with Gasteiger partial charge in [0.25, 0.3) is 0 Å². The number of thioether (sulfide) groups is 1. The second-order valence-electron chi connectivity index (χ2n) is 2.69. The molecule has 0 aromatic carbocycles. The standard InChI is InChI=1S/C9H14N4S/c1-3-4-5-6-14-9-12-11-8(7-10)13(9)2/h5-7,10H2,1-2H3. The van der Waals surface area contributed by atoms with Crippen molar-refractivity contribution in [3.05, 3.63) is 5.82 Å². The molecule has 1 aromatic rings. The molecular formula is C9H14N4S. The number of nitrogens with two attached hydrogens (primary N) is 1. The van der Waals surface area contributed by atoms with Crippen molar-refractivity contribution in [1.82, 2.24) is 14.8 Å². The van der Waals surface area contributed by atoms with Crippen LogP contribution in [0.3, 0.4) is 0 Å². The molecule has 0 unspecified atom stereocenters. The summed E-state index contributed by atoms with van der Waals surface area (Å²) >= 11 is 1.65. The molecule has 0 aliphatic carbocycles. The van der Waals surface area contributed by atoms with Gasteiger partial charge in [0, 0.05) is 19.2 Å². The van der Waals surface area contributed by atoms with Crippen LogP contribution in [-0.2, 0) is 13.6 Å². The highest BCUT2D eigenvalue weighted by atomic mass is 32.2. The van der Waals surface area contributed by atoms with E-state index in [1.165, 1.54) is 0 Å². The molecule has 2 N–H and O–H groups in total. The zero-order chi connectivity index (χ0) is 10.4. The lowest BCUT2D eigenvalue weighted by Gasteiger charge is -1.99. The summed E-state index contributed by atoms with van der Waals surface area (Å²) in [6.07, 6.45) is 0.881. The van der Waals surface area contributed by atoms with E-state index >= 15 is 0 Å². The Morgan fingerprint density at radius 2 is 2.29 bits per heavy atom. The molecule has 0 radical (unpaired) electrons. The topological polar surface area (TPSA) is 56.7 Å². The average molecular weight is 210 g/mol. The molecule has 1 rings (SSSR count). The van der Waals surface area contributed by atoms with Gasteiger partial charge in [0.05, 0.1) is 6.54 Å². The molecule has 1 aromatic heterocycles. The SMILES string of the molecule is CC#CCCSc1nnc(CN)n1C. The van der Waals surface area contributed by atoms with Crippen molar-refractivity contribution in [2.24, 2.45) is 12.8 Å². The van der Waals surface area contributed by atoms with Crippen LogP contribution in [0.5, 0.6) is 0 Å². The summed E-state index contributed by atoms with van der Waals surface area (Å²) in [4.78, 5) is 0. The van der Waals surface area contributed by atoms with Gasteiger partial charge in [0.15, 0.2) is 5.16 Å². The first kappa shape index (κ1) is 11.1. The Labute approximate surface area is 88.3 Å². The van der Waals surface area contributed by atoms with Crippen molar-refractivity contribution in [3.8, 4) is 11.8 Å². The van der Waals surface area contributed by atoms with Crippen molar-refractivity contribution in [3.63, 3.8) is 0 Å². The maximum atomic E-state index is 5.49. The highest BCUT2D eigenvalue weighted by molar-refractivity contribution is 7.99. The molecule has 0 atom stereocenters. The number of hydrogen-bond donors (Lipinski definition) is 1. The van der Waals surface area contributed by atoms with Crippen molar-refractivity contribution in [2.75, 3.05) is 5.75 Å².